The molecule has 4 nitrogen and oxygen atoms in total. The number of nitrogens with one attached hydrogen (secondary N) is 2. The molecule has 0 fully saturated rings. The summed E-state index contributed by atoms with van der Waals surface area (Å²) in [7, 11) is 1.55. The second-order valence-corrected chi connectivity index (χ2v) is 1.27. The number of rotatable bonds is 3. The van der Waals surface area contributed by atoms with Gasteiger partial charge in [0.1, 0.15) is 0 Å². The second kappa shape index (κ2) is 4.55. The highest BCUT2D eigenvalue weighted by atomic mass is 16.6. The Morgan fingerprint density at radius 3 is 2.88 bits per heavy atom. The van der Waals surface area contributed by atoms with E-state index in [1.165, 1.54) is 0 Å². The predicted molar refractivity (Wildman–Crippen MR) is 27.7 cm³/mol. The number of hydrogen-bond donors (Lipinski definition) is 1. The smallest absolute Gasteiger partial charge is 0.222 e. The SMILES string of the molecule is CNC(=O)CCO[NH]. The van der Waals surface area contributed by atoms with E-state index in [2.05, 4.69) is 10.2 Å². The molecule has 0 saturated heterocycles. The molecule has 8 heavy (non-hydrogen) atoms. The van der Waals surface area contributed by atoms with E-state index < -0.39 is 0 Å². The third kappa shape index (κ3) is 3.58. The summed E-state index contributed by atoms with van der Waals surface area (Å²) in [6.07, 6.45) is 0.264. The average Bonchev–Trinajstić information content (AvgIpc) is 1.83. The van der Waals surface area contributed by atoms with E-state index in [0.717, 1.165) is 0 Å². The van der Waals surface area contributed by atoms with Crippen molar-refractivity contribution in [2.24, 2.45) is 0 Å². The van der Waals surface area contributed by atoms with E-state index >= 15 is 0 Å². The summed E-state index contributed by atoms with van der Waals surface area (Å²) in [6, 6.07) is 0. The minimum atomic E-state index is -0.0998. The van der Waals surface area contributed by atoms with Crippen molar-refractivity contribution in [2.45, 2.75) is 6.42 Å². The summed E-state index contributed by atoms with van der Waals surface area (Å²) in [4.78, 5) is 14.2. The molecule has 0 aliphatic carbocycles. The molecule has 0 aliphatic heterocycles. The summed E-state index contributed by atoms with van der Waals surface area (Å²) in [5.41, 5.74) is 0. The Balaban J connectivity index is 2.99. The fraction of sp³-hybridized carbons (Fsp3) is 0.750. The van der Waals surface area contributed by atoms with Crippen LogP contribution in [0.4, 0.5) is 0 Å². The van der Waals surface area contributed by atoms with E-state index in [9.17, 15) is 4.79 Å². The van der Waals surface area contributed by atoms with Gasteiger partial charge in [-0.1, -0.05) is 0 Å². The standard InChI is InChI=1S/C4H9N2O2/c1-6-4(7)2-3-8-5/h5H,2-3H2,1H3,(H,6,7). The van der Waals surface area contributed by atoms with E-state index in [4.69, 9.17) is 5.90 Å². The Hall–Kier alpha value is -0.610. The molecule has 0 rings (SSSR count). The molecule has 2 N–H and O–H groups in total. The van der Waals surface area contributed by atoms with Crippen LogP contribution >= 0.6 is 0 Å². The summed E-state index contributed by atoms with van der Waals surface area (Å²) in [5, 5.41) is 2.40. The molecule has 0 spiro atoms. The highest BCUT2D eigenvalue weighted by molar-refractivity contribution is 5.75. The van der Waals surface area contributed by atoms with Crippen LogP contribution in [0.2, 0.25) is 0 Å². The molecule has 0 saturated carbocycles. The van der Waals surface area contributed by atoms with Crippen LogP contribution in [0.3, 0.4) is 0 Å². The second-order valence-electron chi connectivity index (χ2n) is 1.27. The lowest BCUT2D eigenvalue weighted by molar-refractivity contribution is -0.121. The molecule has 1 radical (unpaired) electrons. The molecule has 1 amide bonds. The van der Waals surface area contributed by atoms with Gasteiger partial charge in [0.2, 0.25) is 5.91 Å². The van der Waals surface area contributed by atoms with Crippen molar-refractivity contribution in [2.75, 3.05) is 13.7 Å². The molecule has 0 aromatic carbocycles. The van der Waals surface area contributed by atoms with Crippen molar-refractivity contribution >= 4 is 5.91 Å². The third-order valence-corrected chi connectivity index (χ3v) is 0.710. The number of hydrogen-bond acceptors (Lipinski definition) is 2. The maximum atomic E-state index is 10.3. The Kier molecular flexibility index (Phi) is 4.20. The van der Waals surface area contributed by atoms with Crippen LogP contribution in [-0.4, -0.2) is 19.6 Å². The van der Waals surface area contributed by atoms with Gasteiger partial charge >= 0.3 is 0 Å². The average molecular weight is 117 g/mol. The maximum absolute atomic E-state index is 10.3. The first-order valence-electron chi connectivity index (χ1n) is 2.30. The summed E-state index contributed by atoms with van der Waals surface area (Å²) >= 11 is 0. The van der Waals surface area contributed by atoms with Crippen LogP contribution in [-0.2, 0) is 9.63 Å². The van der Waals surface area contributed by atoms with Gasteiger partial charge in [0, 0.05) is 7.05 Å². The van der Waals surface area contributed by atoms with Crippen LogP contribution in [0, 0.1) is 0 Å². The minimum absolute atomic E-state index is 0.0998. The number of amides is 1. The molecule has 0 heterocycles. The monoisotopic (exact) mass is 117 g/mol. The summed E-state index contributed by atoms with van der Waals surface area (Å²) in [6.45, 7) is 0.166. The highest BCUT2D eigenvalue weighted by Crippen LogP contribution is 1.76. The normalized spacial score (nSPS) is 8.75. The largest absolute Gasteiger partial charge is 0.359 e. The molecule has 0 atom stereocenters. The molecule has 47 valence electrons. The van der Waals surface area contributed by atoms with Crippen molar-refractivity contribution in [1.82, 2.24) is 11.2 Å². The van der Waals surface area contributed by atoms with Gasteiger partial charge in [-0.2, -0.15) is 0 Å². The molecular formula is C4H9N2O2. The zero-order valence-corrected chi connectivity index (χ0v) is 4.73. The van der Waals surface area contributed by atoms with Crippen LogP contribution in [0.1, 0.15) is 6.42 Å². The van der Waals surface area contributed by atoms with Gasteiger partial charge in [-0.3, -0.25) is 9.63 Å². The predicted octanol–water partition coefficient (Wildman–Crippen LogP) is -0.663. The van der Waals surface area contributed by atoms with Crippen LogP contribution in [0.25, 0.3) is 0 Å². The Bertz CT molecular complexity index is 74.4. The van der Waals surface area contributed by atoms with Gasteiger partial charge in [-0.25, -0.2) is 0 Å². The topological polar surface area (TPSA) is 62.1 Å². The lowest BCUT2D eigenvalue weighted by atomic mass is 10.4. The molecular weight excluding hydrogens is 108 g/mol. The van der Waals surface area contributed by atoms with Crippen molar-refractivity contribution in [3.8, 4) is 0 Å². The highest BCUT2D eigenvalue weighted by Gasteiger charge is 1.93. The molecule has 0 unspecified atom stereocenters. The Morgan fingerprint density at radius 1 is 1.88 bits per heavy atom. The first kappa shape index (κ1) is 7.39. The zero-order chi connectivity index (χ0) is 6.41. The molecule has 4 heteroatoms. The molecule has 0 aliphatic rings. The van der Waals surface area contributed by atoms with Gasteiger partial charge < -0.3 is 5.32 Å². The van der Waals surface area contributed by atoms with E-state index in [-0.39, 0.29) is 18.9 Å². The fourth-order valence-electron chi connectivity index (χ4n) is 0.269. The Labute approximate surface area is 48.0 Å². The molecule has 0 aromatic heterocycles. The molecule has 0 bridgehead atoms. The van der Waals surface area contributed by atoms with Gasteiger partial charge in [0.05, 0.1) is 13.0 Å². The van der Waals surface area contributed by atoms with Gasteiger partial charge in [-0.05, 0) is 0 Å². The number of carbonyl (C=O) groups excluding carboxylic acids is 1. The van der Waals surface area contributed by atoms with Crippen LogP contribution in [0.5, 0.6) is 0 Å². The van der Waals surface area contributed by atoms with Crippen molar-refractivity contribution in [1.29, 1.82) is 0 Å². The maximum Gasteiger partial charge on any atom is 0.222 e. The summed E-state index contributed by atoms with van der Waals surface area (Å²) in [5.74, 6) is 6.09. The van der Waals surface area contributed by atoms with Gasteiger partial charge in [0.25, 0.3) is 0 Å². The fourth-order valence-corrected chi connectivity index (χ4v) is 0.269. The van der Waals surface area contributed by atoms with Crippen molar-refractivity contribution < 1.29 is 9.63 Å². The molecule has 0 aromatic rings. The van der Waals surface area contributed by atoms with Crippen LogP contribution in [0.15, 0.2) is 0 Å². The number of carbonyl (C=O) groups is 1. The third-order valence-electron chi connectivity index (χ3n) is 0.710. The lowest BCUT2D eigenvalue weighted by Gasteiger charge is -1.94. The van der Waals surface area contributed by atoms with Gasteiger partial charge in [0.15, 0.2) is 0 Å². The van der Waals surface area contributed by atoms with Crippen LogP contribution < -0.4 is 11.2 Å². The first-order valence-corrected chi connectivity index (χ1v) is 2.30. The van der Waals surface area contributed by atoms with Gasteiger partial charge in [-0.15, -0.1) is 5.90 Å². The van der Waals surface area contributed by atoms with Crippen molar-refractivity contribution in [3.63, 3.8) is 0 Å². The summed E-state index contributed by atoms with van der Waals surface area (Å²) < 4.78 is 0. The quantitative estimate of drug-likeness (QED) is 0.498. The minimum Gasteiger partial charge on any atom is -0.359 e. The Morgan fingerprint density at radius 2 is 2.50 bits per heavy atom. The van der Waals surface area contributed by atoms with E-state index in [1.807, 2.05) is 0 Å². The van der Waals surface area contributed by atoms with E-state index in [0.29, 0.717) is 0 Å². The lowest BCUT2D eigenvalue weighted by Crippen LogP contribution is -2.19. The zero-order valence-electron chi connectivity index (χ0n) is 4.73. The first-order chi connectivity index (χ1) is 3.81. The van der Waals surface area contributed by atoms with E-state index in [1.54, 1.807) is 7.05 Å². The van der Waals surface area contributed by atoms with Crippen molar-refractivity contribution in [3.05, 3.63) is 0 Å².